The summed E-state index contributed by atoms with van der Waals surface area (Å²) in [6.45, 7) is 27.6. The van der Waals surface area contributed by atoms with E-state index in [1.54, 1.807) is 0 Å². The lowest BCUT2D eigenvalue weighted by Crippen LogP contribution is -2.43. The van der Waals surface area contributed by atoms with E-state index in [0.717, 1.165) is 253 Å². The highest BCUT2D eigenvalue weighted by atomic mass is 16.5. The first-order valence-electron chi connectivity index (χ1n) is 39.4. The predicted octanol–water partition coefficient (Wildman–Crippen LogP) is -6.55. The Morgan fingerprint density at radius 1 is 0.282 bits per heavy atom. The average molecular weight is 1510 g/mol. The zero-order chi connectivity index (χ0) is 80.3. The van der Waals surface area contributed by atoms with Crippen molar-refractivity contribution in [2.24, 2.45) is 120 Å². The summed E-state index contributed by atoms with van der Waals surface area (Å²) in [5.41, 5.74) is 111. The lowest BCUT2D eigenvalue weighted by atomic mass is 9.92. The van der Waals surface area contributed by atoms with Gasteiger partial charge in [0.15, 0.2) is 0 Å². The van der Waals surface area contributed by atoms with Crippen molar-refractivity contribution in [1.29, 1.82) is 0 Å². The van der Waals surface area contributed by atoms with Gasteiger partial charge in [0.2, 0.25) is 0 Å². The molecule has 2 aliphatic carbocycles. The minimum absolute atomic E-state index is 0.208. The third-order valence-corrected chi connectivity index (χ3v) is 14.0. The van der Waals surface area contributed by atoms with Crippen molar-refractivity contribution in [2.75, 3.05) is 271 Å². The molecule has 0 aliphatic heterocycles. The number of ether oxygens (including phenoxy) is 2. The van der Waals surface area contributed by atoms with E-state index in [0.29, 0.717) is 85.6 Å². The Morgan fingerprint density at radius 2 is 0.573 bits per heavy atom. The van der Waals surface area contributed by atoms with Crippen molar-refractivity contribution < 1.29 is 24.8 Å². The van der Waals surface area contributed by atoms with Gasteiger partial charge in [0, 0.05) is 142 Å². The van der Waals surface area contributed by atoms with E-state index in [9.17, 15) is 0 Å². The first-order chi connectivity index (χ1) is 50.0. The molecule has 0 aromatic carbocycles. The van der Waals surface area contributed by atoms with Crippen molar-refractivity contribution in [3.8, 4) is 0 Å². The summed E-state index contributed by atoms with van der Waals surface area (Å²) >= 11 is 0. The normalized spacial score (nSPS) is 14.5. The van der Waals surface area contributed by atoms with Gasteiger partial charge >= 0.3 is 0 Å². The number of hydrogen-bond donors (Lipinski definition) is 30. The van der Waals surface area contributed by atoms with E-state index in [1.807, 2.05) is 33.1 Å². The van der Waals surface area contributed by atoms with E-state index in [4.69, 9.17) is 145 Å². The van der Waals surface area contributed by atoms with E-state index < -0.39 is 0 Å². The molecule has 0 radical (unpaired) electrons. The van der Waals surface area contributed by atoms with Crippen LogP contribution in [0.25, 0.3) is 0 Å². The molecule has 2 rings (SSSR count). The summed E-state index contributed by atoms with van der Waals surface area (Å²) in [5, 5.41) is 43.6. The average Bonchev–Trinajstić information content (AvgIpc) is 1.01. The predicted molar refractivity (Wildman–Crippen MR) is 449 cm³/mol. The van der Waals surface area contributed by atoms with E-state index in [1.165, 1.54) is 51.4 Å². The van der Waals surface area contributed by atoms with Gasteiger partial charge in [-0.3, -0.25) is 4.90 Å². The highest BCUT2D eigenvalue weighted by Crippen LogP contribution is 2.15. The fourth-order valence-electron chi connectivity index (χ4n) is 7.81. The van der Waals surface area contributed by atoms with Crippen LogP contribution < -0.4 is 152 Å². The number of nitrogens with one attached hydrogen (secondary N) is 6. The van der Waals surface area contributed by atoms with Crippen LogP contribution in [-0.4, -0.2) is 320 Å². The van der Waals surface area contributed by atoms with Gasteiger partial charge in [-0.15, -0.1) is 0 Å². The number of unbranched alkanes of at least 4 members (excludes halogenated alkanes) is 8. The lowest BCUT2D eigenvalue weighted by Gasteiger charge is -2.24. The Morgan fingerprint density at radius 3 is 0.825 bits per heavy atom. The summed E-state index contributed by atoms with van der Waals surface area (Å²) in [6, 6.07) is 1.12. The second-order valence-electron chi connectivity index (χ2n) is 24.1. The Balaban J connectivity index is -0.0000000993. The quantitative estimate of drug-likeness (QED) is 0.0199. The molecule has 0 heterocycles. The zero-order valence-corrected chi connectivity index (χ0v) is 67.6. The first kappa shape index (κ1) is 125. The van der Waals surface area contributed by atoms with Crippen LogP contribution in [0.3, 0.4) is 0 Å². The van der Waals surface area contributed by atoms with Crippen molar-refractivity contribution >= 4 is 0 Å². The molecule has 34 nitrogen and oxygen atoms in total. The minimum atomic E-state index is 0.208. The number of rotatable bonds is 52. The molecule has 640 valence electrons. The molecule has 0 unspecified atom stereocenters. The highest BCUT2D eigenvalue weighted by Gasteiger charge is 2.17. The van der Waals surface area contributed by atoms with E-state index in [2.05, 4.69) is 36.8 Å². The van der Waals surface area contributed by atoms with Crippen LogP contribution in [0.1, 0.15) is 154 Å². The zero-order valence-electron chi connectivity index (χ0n) is 67.6. The molecule has 0 bridgehead atoms. The number of nitrogens with two attached hydrogens (primary N) is 21. The summed E-state index contributed by atoms with van der Waals surface area (Å²) < 4.78 is 10.1. The van der Waals surface area contributed by atoms with Crippen molar-refractivity contribution in [3.63, 3.8) is 0 Å². The second-order valence-corrected chi connectivity index (χ2v) is 24.1. The maximum Gasteiger partial charge on any atom is 0.0701 e. The third-order valence-electron chi connectivity index (χ3n) is 14.0. The molecule has 34 heteroatoms. The standard InChI is InChI=1S/C7H19N3.C7H17NO2.C6H16N2O2.2C6H14N2.C5H16N4.2C5H15N3.2C5H14N2.C5H13NO.C4H12N2.C3H10N2/c8-4-2-1-3-6-10-7-5-9;9-6-3-1-2-4-8-5-7-10;7-1-3-9-5-6-10-4-2-8;2*7-5-3-1-2-4-6(5)8;6-1-3-9(5-8)4-2-7;1-8(4-2-6)5-3-7;6-2-1-4-8-5-3-7;1-6-4-3-5-7-2;2*6-4-2-1-3-5-7;1-6-4-2-3-5;4-2-1-3-5/h10H,1-9H2;8-10H,1-7H2;1-8H2;2*5-6H,1-4,7-8H2;1-8H2;2-7H2,1H3;8H,1-7H2;6-7H,3-5H2,1-2H3;1-7H2;7H,1-6H2;6H,2-5H2,1H3;1-5H2/t;;;5-,6+;5-,6-;;;;;;;;/m....1......../s1. The van der Waals surface area contributed by atoms with Gasteiger partial charge in [-0.2, -0.15) is 0 Å². The molecular formula is C69H189N29O5. The van der Waals surface area contributed by atoms with Crippen molar-refractivity contribution in [2.45, 2.75) is 178 Å². The highest BCUT2D eigenvalue weighted by molar-refractivity contribution is 4.80. The largest absolute Gasteiger partial charge is 0.396 e. The number of aliphatic hydroxyl groups is 3. The fourth-order valence-corrected chi connectivity index (χ4v) is 7.81. The second kappa shape index (κ2) is 136. The van der Waals surface area contributed by atoms with Gasteiger partial charge in [-0.1, -0.05) is 38.5 Å². The van der Waals surface area contributed by atoms with Crippen LogP contribution in [0.2, 0.25) is 0 Å². The third kappa shape index (κ3) is 162. The lowest BCUT2D eigenvalue weighted by molar-refractivity contribution is 0.0538. The first-order valence-corrected chi connectivity index (χ1v) is 39.4. The minimum Gasteiger partial charge on any atom is -0.396 e. The molecule has 0 saturated heterocycles. The smallest absolute Gasteiger partial charge is 0.0701 e. The van der Waals surface area contributed by atoms with Gasteiger partial charge in [-0.05, 0) is 235 Å². The molecule has 4 atom stereocenters. The number of hydrogen-bond acceptors (Lipinski definition) is 34. The van der Waals surface area contributed by atoms with Gasteiger partial charge in [0.1, 0.15) is 0 Å². The van der Waals surface area contributed by atoms with E-state index >= 15 is 0 Å². The Labute approximate surface area is 633 Å². The molecular weight excluding hydrogens is 1310 g/mol. The SMILES string of the molecule is CN(CCN)CCN.CNCCCN.CNCCCNC.NCCCCCN.NCCCCCNCCN.NCCCCCO.NCCCN.NCCCNCCN.NCCN(CN)CCN.NCCOCCOCCN.N[C@@H]1CCCC[C@@H]1N.N[C@@H]1CCCC[C@H]1N.OCCCCCNCCO. The fraction of sp³-hybridized carbons (Fsp3) is 1.00. The van der Waals surface area contributed by atoms with Crippen molar-refractivity contribution in [3.05, 3.63) is 0 Å². The van der Waals surface area contributed by atoms with Crippen LogP contribution >= 0.6 is 0 Å². The van der Waals surface area contributed by atoms with Crippen LogP contribution in [0.4, 0.5) is 0 Å². The summed E-state index contributed by atoms with van der Waals surface area (Å²) in [6.07, 6.45) is 26.9. The molecule has 51 N–H and O–H groups in total. The summed E-state index contributed by atoms with van der Waals surface area (Å²) in [5.74, 6) is 0. The number of aliphatic hydroxyl groups excluding tert-OH is 3. The number of nitrogens with zero attached hydrogens (tertiary/aromatic N) is 2. The summed E-state index contributed by atoms with van der Waals surface area (Å²) in [4.78, 5) is 4.12. The molecule has 0 spiro atoms. The van der Waals surface area contributed by atoms with E-state index in [-0.39, 0.29) is 30.8 Å². The molecule has 103 heavy (non-hydrogen) atoms. The van der Waals surface area contributed by atoms with Crippen LogP contribution in [0, 0.1) is 0 Å². The maximum atomic E-state index is 8.41. The topological polar surface area (TPSA) is 704 Å². The molecule has 2 aliphatic rings. The Bertz CT molecular complexity index is 1070. The molecule has 2 fully saturated rings. The van der Waals surface area contributed by atoms with Gasteiger partial charge in [0.25, 0.3) is 0 Å². The van der Waals surface area contributed by atoms with Crippen LogP contribution in [0.5, 0.6) is 0 Å². The van der Waals surface area contributed by atoms with Gasteiger partial charge in [-0.25, -0.2) is 0 Å². The van der Waals surface area contributed by atoms with Gasteiger partial charge in [0.05, 0.1) is 33.0 Å². The van der Waals surface area contributed by atoms with Crippen molar-refractivity contribution in [1.82, 2.24) is 41.7 Å². The molecule has 2 saturated carbocycles. The Hall–Kier alpha value is -1.36. The Kier molecular flexibility index (Phi) is 166. The number of likely N-dealkylation sites (N-methyl/N-ethyl adjacent to an activating group) is 1. The van der Waals surface area contributed by atoms with Crippen LogP contribution in [-0.2, 0) is 9.47 Å². The van der Waals surface area contributed by atoms with Gasteiger partial charge < -0.3 is 182 Å². The monoisotopic (exact) mass is 1500 g/mol. The summed E-state index contributed by atoms with van der Waals surface area (Å²) in [7, 11) is 7.88. The molecule has 0 aromatic rings. The maximum absolute atomic E-state index is 8.41. The molecule has 0 aromatic heterocycles. The molecule has 0 amide bonds. The van der Waals surface area contributed by atoms with Crippen LogP contribution in [0.15, 0.2) is 0 Å².